The van der Waals surface area contributed by atoms with Gasteiger partial charge >= 0.3 is 5.97 Å². The fourth-order valence-electron chi connectivity index (χ4n) is 8.21. The molecule has 13 heteroatoms. The van der Waals surface area contributed by atoms with Crippen molar-refractivity contribution in [1.29, 1.82) is 0 Å². The van der Waals surface area contributed by atoms with Crippen molar-refractivity contribution in [2.45, 2.75) is 74.2 Å². The van der Waals surface area contributed by atoms with Gasteiger partial charge in [-0.2, -0.15) is 0 Å². The molecule has 0 aliphatic carbocycles. The highest BCUT2D eigenvalue weighted by molar-refractivity contribution is 9.09. The predicted molar refractivity (Wildman–Crippen MR) is 195 cm³/mol. The van der Waals surface area contributed by atoms with Crippen LogP contribution in [-0.2, 0) is 33.4 Å². The molecule has 12 nitrogen and oxygen atoms in total. The molecule has 0 saturated carbocycles. The Balaban J connectivity index is 1.46. The summed E-state index contributed by atoms with van der Waals surface area (Å²) in [6.07, 6.45) is 4.10. The monoisotopic (exact) mass is 772 g/mol. The number of fused-ring (bicyclic) bond motifs is 1. The number of rotatable bonds is 18. The number of hydrogen-bond donors (Lipinski definition) is 2. The molecule has 3 amide bonds. The van der Waals surface area contributed by atoms with Crippen molar-refractivity contribution in [2.75, 3.05) is 59.2 Å². The molecule has 1 aromatic rings. The summed E-state index contributed by atoms with van der Waals surface area (Å²) < 4.78 is 17.8. The van der Waals surface area contributed by atoms with Crippen molar-refractivity contribution in [1.82, 2.24) is 20.0 Å². The van der Waals surface area contributed by atoms with E-state index in [0.29, 0.717) is 45.6 Å². The van der Waals surface area contributed by atoms with Crippen molar-refractivity contribution < 1.29 is 38.5 Å². The molecule has 4 fully saturated rings. The van der Waals surface area contributed by atoms with E-state index in [2.05, 4.69) is 39.3 Å². The number of halogens is 1. The lowest BCUT2D eigenvalue weighted by Crippen LogP contribution is -2.60. The summed E-state index contributed by atoms with van der Waals surface area (Å²) in [4.78, 5) is 61.8. The fraction of sp³-hybridized carbons (Fsp3) is 0.632. The van der Waals surface area contributed by atoms with E-state index in [0.717, 1.165) is 18.7 Å². The van der Waals surface area contributed by atoms with Crippen LogP contribution in [0.2, 0.25) is 0 Å². The molecule has 4 aliphatic heterocycles. The SMILES string of the molecule is C=CCCC(=O)OC[C@@H](NC(=O)[C@H]1[C@@H]2O[C@@]3(CC2Br)[C@@H]1C(=O)N([C@@H](CO)CC(C)C)[C@@H]3C(=O)N(CC=C)CCN1CCOCC1)c1ccccc1. The van der Waals surface area contributed by atoms with Gasteiger partial charge in [-0.25, -0.2) is 0 Å². The maximum Gasteiger partial charge on any atom is 0.306 e. The molecule has 8 atom stereocenters. The molecule has 4 saturated heterocycles. The van der Waals surface area contributed by atoms with Crippen LogP contribution in [0.15, 0.2) is 55.6 Å². The van der Waals surface area contributed by atoms with Crippen molar-refractivity contribution in [3.8, 4) is 0 Å². The molecule has 51 heavy (non-hydrogen) atoms. The summed E-state index contributed by atoms with van der Waals surface area (Å²) in [6, 6.07) is 6.83. The highest BCUT2D eigenvalue weighted by atomic mass is 79.9. The molecular formula is C38H53BrN4O8. The van der Waals surface area contributed by atoms with E-state index in [9.17, 15) is 24.3 Å². The first-order chi connectivity index (χ1) is 24.6. The van der Waals surface area contributed by atoms with Crippen molar-refractivity contribution in [2.24, 2.45) is 17.8 Å². The molecule has 1 spiro atoms. The maximum absolute atomic E-state index is 14.9. The van der Waals surface area contributed by atoms with Crippen molar-refractivity contribution >= 4 is 39.6 Å². The number of likely N-dealkylation sites (tertiary alicyclic amines) is 1. The van der Waals surface area contributed by atoms with E-state index < -0.39 is 53.5 Å². The highest BCUT2D eigenvalue weighted by Gasteiger charge is 2.77. The number of allylic oxidation sites excluding steroid dienone is 1. The van der Waals surface area contributed by atoms with Gasteiger partial charge in [0.05, 0.1) is 49.8 Å². The Hall–Kier alpha value is -3.10. The largest absolute Gasteiger partial charge is 0.463 e. The molecule has 1 unspecified atom stereocenters. The number of esters is 1. The number of ether oxygens (including phenoxy) is 3. The third kappa shape index (κ3) is 8.43. The number of nitrogens with one attached hydrogen (secondary N) is 1. The molecule has 0 radical (unpaired) electrons. The second kappa shape index (κ2) is 17.6. The first-order valence-electron chi connectivity index (χ1n) is 18.1. The van der Waals surface area contributed by atoms with Gasteiger partial charge in [-0.1, -0.05) is 72.3 Å². The lowest BCUT2D eigenvalue weighted by Gasteiger charge is -2.40. The van der Waals surface area contributed by atoms with Gasteiger partial charge in [0.2, 0.25) is 17.7 Å². The van der Waals surface area contributed by atoms with Gasteiger partial charge in [-0.15, -0.1) is 13.2 Å². The quantitative estimate of drug-likeness (QED) is 0.131. The minimum atomic E-state index is -1.29. The van der Waals surface area contributed by atoms with Gasteiger partial charge < -0.3 is 34.4 Å². The van der Waals surface area contributed by atoms with Crippen LogP contribution in [-0.4, -0.2) is 131 Å². The lowest BCUT2D eigenvalue weighted by atomic mass is 9.70. The van der Waals surface area contributed by atoms with E-state index in [4.69, 9.17) is 14.2 Å². The molecule has 280 valence electrons. The number of aliphatic hydroxyl groups is 1. The van der Waals surface area contributed by atoms with Crippen LogP contribution in [0, 0.1) is 17.8 Å². The van der Waals surface area contributed by atoms with Gasteiger partial charge in [0, 0.05) is 44.0 Å². The third-order valence-electron chi connectivity index (χ3n) is 10.5. The first-order valence-corrected chi connectivity index (χ1v) is 19.0. The minimum absolute atomic E-state index is 0.0979. The number of hydrogen-bond acceptors (Lipinski definition) is 9. The standard InChI is InChI=1S/C38H53BrN4O8/c1-5-7-13-30(45)50-24-29(26-11-9-8-10-12-26)40-35(46)31-32-36(47)43(27(23-44)21-25(3)4)34(38(32)22-28(39)33(31)51-38)37(48)42(14-6-2)16-15-41-17-19-49-20-18-41/h5-6,8-12,25,27-29,31-34,44H,1-2,7,13-24H2,3-4H3,(H,40,46)/t27-,28?,29-,31-,32+,33-,34-,38+/m1/s1. The Morgan fingerprint density at radius 3 is 2.55 bits per heavy atom. The van der Waals surface area contributed by atoms with Crippen LogP contribution in [0.4, 0.5) is 0 Å². The first kappa shape index (κ1) is 39.1. The number of carbonyl (C=O) groups excluding carboxylic acids is 4. The molecule has 1 aromatic carbocycles. The summed E-state index contributed by atoms with van der Waals surface area (Å²) in [5.74, 6) is -3.25. The van der Waals surface area contributed by atoms with Crippen LogP contribution < -0.4 is 5.32 Å². The van der Waals surface area contributed by atoms with Crippen LogP contribution >= 0.6 is 15.9 Å². The van der Waals surface area contributed by atoms with Gasteiger partial charge in [0.1, 0.15) is 18.2 Å². The molecule has 0 aromatic heterocycles. The Bertz CT molecular complexity index is 1410. The Kier molecular flexibility index (Phi) is 13.5. The molecule has 4 heterocycles. The van der Waals surface area contributed by atoms with E-state index >= 15 is 0 Å². The second-order valence-electron chi connectivity index (χ2n) is 14.4. The zero-order valence-electron chi connectivity index (χ0n) is 29.8. The summed E-state index contributed by atoms with van der Waals surface area (Å²) in [5, 5.41) is 13.8. The van der Waals surface area contributed by atoms with Crippen molar-refractivity contribution in [3.05, 3.63) is 61.2 Å². The average molecular weight is 774 g/mol. The number of aliphatic hydroxyl groups excluding tert-OH is 1. The minimum Gasteiger partial charge on any atom is -0.463 e. The Morgan fingerprint density at radius 1 is 1.18 bits per heavy atom. The predicted octanol–water partition coefficient (Wildman–Crippen LogP) is 2.86. The second-order valence-corrected chi connectivity index (χ2v) is 15.6. The van der Waals surface area contributed by atoms with E-state index in [1.165, 1.54) is 4.90 Å². The number of amides is 3. The number of alkyl halides is 1. The topological polar surface area (TPSA) is 138 Å². The smallest absolute Gasteiger partial charge is 0.306 e. The molecule has 5 rings (SSSR count). The molecule has 2 N–H and O–H groups in total. The van der Waals surface area contributed by atoms with Gasteiger partial charge in [0.25, 0.3) is 0 Å². The van der Waals surface area contributed by atoms with E-state index in [-0.39, 0.29) is 48.7 Å². The normalized spacial score (nSPS) is 28.3. The number of nitrogens with zero attached hydrogens (tertiary/aromatic N) is 3. The number of benzene rings is 1. The number of carbonyl (C=O) groups is 4. The summed E-state index contributed by atoms with van der Waals surface area (Å²) in [7, 11) is 0. The summed E-state index contributed by atoms with van der Waals surface area (Å²) in [6.45, 7) is 15.2. The van der Waals surface area contributed by atoms with Crippen LogP contribution in [0.5, 0.6) is 0 Å². The highest BCUT2D eigenvalue weighted by Crippen LogP contribution is 2.60. The van der Waals surface area contributed by atoms with Gasteiger partial charge in [-0.05, 0) is 30.7 Å². The fourth-order valence-corrected chi connectivity index (χ4v) is 9.15. The summed E-state index contributed by atoms with van der Waals surface area (Å²) >= 11 is 3.76. The molecule has 2 bridgehead atoms. The van der Waals surface area contributed by atoms with Crippen molar-refractivity contribution in [3.63, 3.8) is 0 Å². The van der Waals surface area contributed by atoms with Gasteiger partial charge in [0.15, 0.2) is 0 Å². The zero-order valence-corrected chi connectivity index (χ0v) is 31.4. The van der Waals surface area contributed by atoms with E-state index in [1.54, 1.807) is 17.1 Å². The van der Waals surface area contributed by atoms with Crippen LogP contribution in [0.3, 0.4) is 0 Å². The third-order valence-corrected chi connectivity index (χ3v) is 11.4. The lowest BCUT2D eigenvalue weighted by molar-refractivity contribution is -0.151. The molecule has 4 aliphatic rings. The molecular weight excluding hydrogens is 720 g/mol. The van der Waals surface area contributed by atoms with Gasteiger partial charge in [-0.3, -0.25) is 24.1 Å². The maximum atomic E-state index is 14.9. The average Bonchev–Trinajstić information content (AvgIpc) is 3.73. The number of morpholine rings is 1. The van der Waals surface area contributed by atoms with Crippen LogP contribution in [0.25, 0.3) is 0 Å². The van der Waals surface area contributed by atoms with E-state index in [1.807, 2.05) is 44.2 Å². The zero-order chi connectivity index (χ0) is 36.7. The van der Waals surface area contributed by atoms with Crippen LogP contribution in [0.1, 0.15) is 51.1 Å². The Labute approximate surface area is 309 Å². The summed E-state index contributed by atoms with van der Waals surface area (Å²) in [5.41, 5.74) is -0.557. The Morgan fingerprint density at radius 2 is 1.90 bits per heavy atom.